The Morgan fingerprint density at radius 1 is 0.838 bits per heavy atom. The molecule has 2 unspecified atom stereocenters. The topological polar surface area (TPSA) is 364 Å². The molecule has 1 saturated heterocycles. The molecular weight excluding hydrogens is 975 g/mol. The smallest absolute Gasteiger partial charge is 0.386 e. The highest BCUT2D eigenvalue weighted by Gasteiger charge is 2.50. The van der Waals surface area contributed by atoms with Crippen molar-refractivity contribution in [2.24, 2.45) is 5.41 Å². The molecule has 24 nitrogen and oxygen atoms in total. The molecule has 2 amide bonds. The third kappa shape index (κ3) is 22.3. The van der Waals surface area contributed by atoms with Crippen molar-refractivity contribution in [3.8, 4) is 0 Å². The second-order valence-electron chi connectivity index (χ2n) is 17.3. The summed E-state index contributed by atoms with van der Waals surface area (Å²) in [6, 6.07) is 0. The SMILES string of the molecule is CCCCCCCCCCCCCCCCCCC(=O)SCCNC(=O)CCNC(=O)[C@H](O)C(C)(C)COP(=O)(O)OP(=O)(O)OC[C@H]1O[C@@H](n2cnc3c(N)ncnc32)[C@H](O)[C@@H]1OP(=O)(O)O. The van der Waals surface area contributed by atoms with Crippen molar-refractivity contribution < 1.29 is 80.5 Å². The lowest BCUT2D eigenvalue weighted by molar-refractivity contribution is -0.137. The van der Waals surface area contributed by atoms with Crippen molar-refractivity contribution in [2.45, 2.75) is 167 Å². The summed E-state index contributed by atoms with van der Waals surface area (Å²) in [7, 11) is -16.4. The number of aliphatic hydroxyl groups excluding tert-OH is 2. The van der Waals surface area contributed by atoms with Gasteiger partial charge in [0, 0.05) is 37.1 Å². The number of unbranched alkanes of at least 4 members (excludes halogenated alkanes) is 15. The Kier molecular flexibility index (Phi) is 26.2. The van der Waals surface area contributed by atoms with E-state index in [0.717, 1.165) is 48.2 Å². The summed E-state index contributed by atoms with van der Waals surface area (Å²) < 4.78 is 62.5. The van der Waals surface area contributed by atoms with E-state index in [1.54, 1.807) is 0 Å². The molecule has 3 rings (SSSR count). The van der Waals surface area contributed by atoms with Gasteiger partial charge in [-0.05, 0) is 6.42 Å². The van der Waals surface area contributed by atoms with Gasteiger partial charge in [0.2, 0.25) is 11.8 Å². The third-order valence-electron chi connectivity index (χ3n) is 11.0. The fourth-order valence-corrected chi connectivity index (χ4v) is 10.7. The number of hydrogen-bond acceptors (Lipinski definition) is 18. The number of amides is 2. The van der Waals surface area contributed by atoms with Gasteiger partial charge in [0.05, 0.1) is 19.5 Å². The lowest BCUT2D eigenvalue weighted by Crippen LogP contribution is -2.46. The molecule has 3 heterocycles. The van der Waals surface area contributed by atoms with Crippen molar-refractivity contribution in [3.63, 3.8) is 0 Å². The van der Waals surface area contributed by atoms with Crippen LogP contribution in [0.15, 0.2) is 12.7 Å². The maximum Gasteiger partial charge on any atom is 0.481 e. The van der Waals surface area contributed by atoms with Crippen LogP contribution >= 0.6 is 35.2 Å². The number of carbonyl (C=O) groups excluding carboxylic acids is 3. The molecule has 1 aliphatic rings. The van der Waals surface area contributed by atoms with Gasteiger partial charge in [-0.3, -0.25) is 32.5 Å². The van der Waals surface area contributed by atoms with Gasteiger partial charge in [0.15, 0.2) is 22.8 Å². The van der Waals surface area contributed by atoms with Crippen LogP contribution in [-0.2, 0) is 50.7 Å². The van der Waals surface area contributed by atoms with Crippen LogP contribution in [0.25, 0.3) is 11.2 Å². The Morgan fingerprint density at radius 3 is 2.00 bits per heavy atom. The van der Waals surface area contributed by atoms with Gasteiger partial charge in [-0.1, -0.05) is 129 Å². The highest BCUT2D eigenvalue weighted by Crippen LogP contribution is 2.61. The molecule has 28 heteroatoms. The molecule has 1 aliphatic heterocycles. The number of imidazole rings is 1. The zero-order valence-corrected chi connectivity index (χ0v) is 42.6. The molecule has 7 atom stereocenters. The summed E-state index contributed by atoms with van der Waals surface area (Å²) in [5.41, 5.74) is 4.29. The zero-order valence-electron chi connectivity index (χ0n) is 39.1. The summed E-state index contributed by atoms with van der Waals surface area (Å²) in [4.78, 5) is 88.4. The fourth-order valence-electron chi connectivity index (χ4n) is 7.18. The first-order chi connectivity index (χ1) is 32.1. The number of nitrogens with two attached hydrogens (primary N) is 1. The predicted octanol–water partition coefficient (Wildman–Crippen LogP) is 5.32. The van der Waals surface area contributed by atoms with E-state index in [-0.39, 0.29) is 41.6 Å². The largest absolute Gasteiger partial charge is 0.481 e. The minimum Gasteiger partial charge on any atom is -0.386 e. The van der Waals surface area contributed by atoms with Crippen LogP contribution in [0.3, 0.4) is 0 Å². The minimum atomic E-state index is -5.57. The first-order valence-electron chi connectivity index (χ1n) is 23.1. The quantitative estimate of drug-likeness (QED) is 0.0308. The number of nitrogens with zero attached hydrogens (tertiary/aromatic N) is 4. The number of ether oxygens (including phenoxy) is 1. The number of carbonyl (C=O) groups is 3. The zero-order chi connectivity index (χ0) is 50.4. The number of rotatable bonds is 36. The minimum absolute atomic E-state index is 0.0341. The summed E-state index contributed by atoms with van der Waals surface area (Å²) in [5.74, 6) is -1.02. The van der Waals surface area contributed by atoms with Crippen LogP contribution in [0.2, 0.25) is 0 Å². The van der Waals surface area contributed by atoms with E-state index >= 15 is 0 Å². The van der Waals surface area contributed by atoms with Gasteiger partial charge in [-0.2, -0.15) is 4.31 Å². The molecule has 0 bridgehead atoms. The molecule has 0 saturated carbocycles. The number of nitrogen functional groups attached to an aromatic ring is 1. The van der Waals surface area contributed by atoms with Gasteiger partial charge < -0.3 is 50.9 Å². The van der Waals surface area contributed by atoms with Gasteiger partial charge in [-0.15, -0.1) is 0 Å². The molecule has 0 spiro atoms. The highest BCUT2D eigenvalue weighted by atomic mass is 32.2. The molecule has 0 radical (unpaired) electrons. The number of phosphoric acid groups is 3. The van der Waals surface area contributed by atoms with Crippen LogP contribution < -0.4 is 16.4 Å². The van der Waals surface area contributed by atoms with Gasteiger partial charge in [0.1, 0.15) is 36.3 Å². The number of hydrogen-bond donors (Lipinski definition) is 9. The molecule has 1 fully saturated rings. The van der Waals surface area contributed by atoms with E-state index < -0.39 is 84.6 Å². The van der Waals surface area contributed by atoms with E-state index in [1.165, 1.54) is 97.3 Å². The van der Waals surface area contributed by atoms with Crippen LogP contribution in [0.1, 0.15) is 143 Å². The lowest BCUT2D eigenvalue weighted by Gasteiger charge is -2.30. The van der Waals surface area contributed by atoms with Gasteiger partial charge in [-0.25, -0.2) is 28.6 Å². The number of fused-ring (bicyclic) bond motifs is 1. The number of thioether (sulfide) groups is 1. The van der Waals surface area contributed by atoms with Crippen molar-refractivity contribution in [3.05, 3.63) is 12.7 Å². The summed E-state index contributed by atoms with van der Waals surface area (Å²) in [5, 5.41) is 26.7. The summed E-state index contributed by atoms with van der Waals surface area (Å²) in [6.45, 7) is 2.83. The number of nitrogens with one attached hydrogen (secondary N) is 2. The first kappa shape index (κ1) is 59.9. The number of aromatic nitrogens is 4. The second-order valence-corrected chi connectivity index (χ2v) is 22.7. The van der Waals surface area contributed by atoms with Crippen LogP contribution in [0.5, 0.6) is 0 Å². The van der Waals surface area contributed by atoms with Crippen molar-refractivity contribution in [2.75, 3.05) is 37.8 Å². The maximum atomic E-state index is 12.7. The highest BCUT2D eigenvalue weighted by molar-refractivity contribution is 8.13. The monoisotopic (exact) mass is 1050 g/mol. The van der Waals surface area contributed by atoms with Crippen molar-refractivity contribution in [1.29, 1.82) is 0 Å². The third-order valence-corrected chi connectivity index (χ3v) is 15.0. The average Bonchev–Trinajstić information content (AvgIpc) is 3.83. The van der Waals surface area contributed by atoms with E-state index in [1.807, 2.05) is 0 Å². The molecule has 0 aromatic carbocycles. The average molecular weight is 1050 g/mol. The number of anilines is 1. The van der Waals surface area contributed by atoms with Gasteiger partial charge in [0.25, 0.3) is 0 Å². The normalized spacial score (nSPS) is 20.0. The van der Waals surface area contributed by atoms with E-state index in [0.29, 0.717) is 12.2 Å². The Bertz CT molecular complexity index is 2010. The second kappa shape index (κ2) is 29.8. The van der Waals surface area contributed by atoms with Crippen LogP contribution in [0, 0.1) is 5.41 Å². The molecule has 2 aromatic heterocycles. The maximum absolute atomic E-state index is 12.7. The van der Waals surface area contributed by atoms with Crippen molar-refractivity contribution >= 4 is 69.1 Å². The molecule has 2 aromatic rings. The molecule has 68 heavy (non-hydrogen) atoms. The number of aliphatic hydroxyl groups is 2. The molecule has 390 valence electrons. The van der Waals surface area contributed by atoms with E-state index in [2.05, 4.69) is 41.3 Å². The molecule has 0 aliphatic carbocycles. The summed E-state index contributed by atoms with van der Waals surface area (Å²) >= 11 is 1.16. The summed E-state index contributed by atoms with van der Waals surface area (Å²) in [6.07, 6.45) is 13.8. The van der Waals surface area contributed by atoms with E-state index in [4.69, 9.17) is 19.5 Å². The Hall–Kier alpha value is -2.44. The van der Waals surface area contributed by atoms with Crippen molar-refractivity contribution in [1.82, 2.24) is 30.2 Å². The van der Waals surface area contributed by atoms with Crippen LogP contribution in [0.4, 0.5) is 5.82 Å². The molecule has 10 N–H and O–H groups in total. The molecular formula is C40H72N7O17P3S. The Balaban J connectivity index is 1.28. The standard InChI is InChI=1S/C40H72N7O17P3S/c1-4-5-6-7-8-9-10-11-12-13-14-15-16-17-18-19-20-31(49)68-24-23-42-30(48)21-22-43-38(52)35(51)40(2,3)26-61-67(58,59)64-66(56,57)60-25-29-34(63-65(53,54)55)33(50)39(62-29)47-28-46-32-36(41)44-27-45-37(32)47/h27-29,33-35,39,50-51H,4-26H2,1-3H3,(H,42,48)(H,43,52)(H,56,57)(H,58,59)(H2,41,44,45)(H2,53,54,55)/t29-,33-,34-,35+,39-/m1/s1. The van der Waals surface area contributed by atoms with Gasteiger partial charge >= 0.3 is 23.5 Å². The first-order valence-corrected chi connectivity index (χ1v) is 28.6. The van der Waals surface area contributed by atoms with E-state index in [9.17, 15) is 57.9 Å². The van der Waals surface area contributed by atoms with Crippen LogP contribution in [-0.4, -0.2) is 123 Å². The predicted molar refractivity (Wildman–Crippen MR) is 251 cm³/mol. The Labute approximate surface area is 401 Å². The number of phosphoric ester groups is 3. The lowest BCUT2D eigenvalue weighted by atomic mass is 9.87. The Morgan fingerprint density at radius 2 is 1.41 bits per heavy atom. The fraction of sp³-hybridized carbons (Fsp3) is 0.800.